The van der Waals surface area contributed by atoms with Crippen LogP contribution < -0.4 is 10.2 Å². The topological polar surface area (TPSA) is 77.0 Å². The minimum absolute atomic E-state index is 0.206. The Bertz CT molecular complexity index is 745. The van der Waals surface area contributed by atoms with Gasteiger partial charge in [-0.25, -0.2) is 10.2 Å². The predicted molar refractivity (Wildman–Crippen MR) is 90.5 cm³/mol. The molecule has 0 spiro atoms. The van der Waals surface area contributed by atoms with Crippen molar-refractivity contribution < 1.29 is 19.1 Å². The van der Waals surface area contributed by atoms with Gasteiger partial charge >= 0.3 is 5.97 Å². The number of carbonyl (C=O) groups excluding carboxylic acids is 2. The van der Waals surface area contributed by atoms with E-state index in [1.165, 1.54) is 13.3 Å². The highest BCUT2D eigenvalue weighted by atomic mass is 35.5. The number of nitrogens with one attached hydrogen (secondary N) is 1. The van der Waals surface area contributed by atoms with Gasteiger partial charge in [-0.15, -0.1) is 0 Å². The summed E-state index contributed by atoms with van der Waals surface area (Å²) in [5, 5.41) is 4.25. The van der Waals surface area contributed by atoms with Crippen LogP contribution in [0.15, 0.2) is 53.6 Å². The van der Waals surface area contributed by atoms with Gasteiger partial charge in [0.25, 0.3) is 5.91 Å². The molecule has 124 valence electrons. The summed E-state index contributed by atoms with van der Waals surface area (Å²) in [5.41, 5.74) is 3.49. The van der Waals surface area contributed by atoms with Crippen LogP contribution in [0, 0.1) is 0 Å². The van der Waals surface area contributed by atoms with Crippen LogP contribution in [0.1, 0.15) is 15.9 Å². The monoisotopic (exact) mass is 346 g/mol. The molecule has 1 N–H and O–H groups in total. The normalized spacial score (nSPS) is 10.4. The van der Waals surface area contributed by atoms with Crippen LogP contribution in [-0.4, -0.2) is 31.8 Å². The maximum Gasteiger partial charge on any atom is 0.337 e. The number of benzene rings is 2. The zero-order valence-corrected chi connectivity index (χ0v) is 13.6. The number of halogens is 1. The molecule has 0 fully saturated rings. The van der Waals surface area contributed by atoms with Crippen molar-refractivity contribution in [3.05, 3.63) is 64.7 Å². The van der Waals surface area contributed by atoms with Crippen molar-refractivity contribution >= 4 is 29.7 Å². The fourth-order valence-electron chi connectivity index (χ4n) is 1.74. The second-order valence-corrected chi connectivity index (χ2v) is 5.03. The third-order valence-electron chi connectivity index (χ3n) is 2.93. The molecule has 0 aliphatic carbocycles. The lowest BCUT2D eigenvalue weighted by Gasteiger charge is -2.06. The second kappa shape index (κ2) is 8.69. The van der Waals surface area contributed by atoms with E-state index in [9.17, 15) is 9.59 Å². The Kier molecular flexibility index (Phi) is 6.33. The number of esters is 1. The number of methoxy groups -OCH3 is 1. The van der Waals surface area contributed by atoms with E-state index in [4.69, 9.17) is 16.3 Å². The zero-order chi connectivity index (χ0) is 17.4. The maximum atomic E-state index is 11.6. The number of hydrogen-bond donors (Lipinski definition) is 1. The fraction of sp³-hybridized carbons (Fsp3) is 0.118. The third-order valence-corrected chi connectivity index (χ3v) is 3.24. The van der Waals surface area contributed by atoms with Gasteiger partial charge in [-0.3, -0.25) is 4.79 Å². The summed E-state index contributed by atoms with van der Waals surface area (Å²) in [4.78, 5) is 23.0. The fourth-order valence-corrected chi connectivity index (χ4v) is 1.93. The molecule has 0 heterocycles. The molecule has 0 aliphatic heterocycles. The highest BCUT2D eigenvalue weighted by Gasteiger charge is 2.05. The molecule has 2 aromatic carbocycles. The third kappa shape index (κ3) is 5.10. The van der Waals surface area contributed by atoms with Crippen molar-refractivity contribution in [3.63, 3.8) is 0 Å². The molecule has 0 atom stereocenters. The standard InChI is InChI=1S/C17H15ClN2O4/c1-23-17(22)13-8-6-12(7-9-13)10-19-20-16(21)11-24-15-5-3-2-4-14(15)18/h2-10H,11H2,1H3,(H,20,21). The van der Waals surface area contributed by atoms with E-state index in [-0.39, 0.29) is 6.61 Å². The summed E-state index contributed by atoms with van der Waals surface area (Å²) in [6, 6.07) is 13.4. The molecule has 0 saturated heterocycles. The minimum Gasteiger partial charge on any atom is -0.482 e. The van der Waals surface area contributed by atoms with Gasteiger partial charge in [0, 0.05) is 0 Å². The number of amides is 1. The Labute approximate surface area is 144 Å². The number of nitrogens with zero attached hydrogens (tertiary/aromatic N) is 1. The summed E-state index contributed by atoms with van der Waals surface area (Å²) < 4.78 is 9.89. The number of hydrazone groups is 1. The van der Waals surface area contributed by atoms with E-state index in [1.807, 2.05) is 0 Å². The molecule has 24 heavy (non-hydrogen) atoms. The second-order valence-electron chi connectivity index (χ2n) is 4.63. The van der Waals surface area contributed by atoms with Crippen molar-refractivity contribution in [1.82, 2.24) is 5.43 Å². The van der Waals surface area contributed by atoms with E-state index >= 15 is 0 Å². The Balaban J connectivity index is 1.82. The van der Waals surface area contributed by atoms with Crippen LogP contribution in [0.5, 0.6) is 5.75 Å². The summed E-state index contributed by atoms with van der Waals surface area (Å²) in [6.45, 7) is -0.206. The molecule has 0 radical (unpaired) electrons. The Morgan fingerprint density at radius 3 is 2.54 bits per heavy atom. The SMILES string of the molecule is COC(=O)c1ccc(C=NNC(=O)COc2ccccc2Cl)cc1. The van der Waals surface area contributed by atoms with Gasteiger partial charge in [0.2, 0.25) is 0 Å². The van der Waals surface area contributed by atoms with Crippen molar-refractivity contribution in [3.8, 4) is 5.75 Å². The first-order valence-corrected chi connectivity index (χ1v) is 7.35. The molecule has 0 unspecified atom stereocenters. The smallest absolute Gasteiger partial charge is 0.337 e. The van der Waals surface area contributed by atoms with Crippen molar-refractivity contribution in [2.24, 2.45) is 5.10 Å². The molecule has 0 aliphatic rings. The van der Waals surface area contributed by atoms with Crippen molar-refractivity contribution in [1.29, 1.82) is 0 Å². The number of para-hydroxylation sites is 1. The molecule has 0 aromatic heterocycles. The molecule has 0 saturated carbocycles. The van der Waals surface area contributed by atoms with Crippen LogP contribution in [0.2, 0.25) is 5.02 Å². The first-order chi connectivity index (χ1) is 11.6. The van der Waals surface area contributed by atoms with Gasteiger partial charge in [-0.1, -0.05) is 35.9 Å². The average molecular weight is 347 g/mol. The average Bonchev–Trinajstić information content (AvgIpc) is 2.61. The molecular formula is C17H15ClN2O4. The number of hydrogen-bond acceptors (Lipinski definition) is 5. The van der Waals surface area contributed by atoms with Crippen LogP contribution >= 0.6 is 11.6 Å². The molecular weight excluding hydrogens is 332 g/mol. The quantitative estimate of drug-likeness (QED) is 0.495. The number of ether oxygens (including phenoxy) is 2. The molecule has 0 bridgehead atoms. The van der Waals surface area contributed by atoms with Gasteiger partial charge in [0.1, 0.15) is 5.75 Å². The summed E-state index contributed by atoms with van der Waals surface area (Å²) >= 11 is 5.92. The van der Waals surface area contributed by atoms with E-state index in [0.717, 1.165) is 5.56 Å². The van der Waals surface area contributed by atoms with Crippen LogP contribution in [0.3, 0.4) is 0 Å². The zero-order valence-electron chi connectivity index (χ0n) is 12.9. The van der Waals surface area contributed by atoms with Gasteiger partial charge in [-0.2, -0.15) is 5.10 Å². The summed E-state index contributed by atoms with van der Waals surface area (Å²) in [7, 11) is 1.32. The van der Waals surface area contributed by atoms with Crippen molar-refractivity contribution in [2.45, 2.75) is 0 Å². The lowest BCUT2D eigenvalue weighted by Crippen LogP contribution is -2.24. The van der Waals surface area contributed by atoms with Gasteiger partial charge in [0.05, 0.1) is 23.9 Å². The first kappa shape index (κ1) is 17.5. The van der Waals surface area contributed by atoms with Gasteiger partial charge in [0.15, 0.2) is 6.61 Å². The number of rotatable bonds is 6. The Morgan fingerprint density at radius 2 is 1.88 bits per heavy atom. The van der Waals surface area contributed by atoms with E-state index in [2.05, 4.69) is 15.3 Å². The highest BCUT2D eigenvalue weighted by molar-refractivity contribution is 6.32. The van der Waals surface area contributed by atoms with Gasteiger partial charge < -0.3 is 9.47 Å². The van der Waals surface area contributed by atoms with E-state index < -0.39 is 11.9 Å². The lowest BCUT2D eigenvalue weighted by atomic mass is 10.1. The minimum atomic E-state index is -0.419. The van der Waals surface area contributed by atoms with Crippen LogP contribution in [0.25, 0.3) is 0 Å². The summed E-state index contributed by atoms with van der Waals surface area (Å²) in [5.74, 6) is -0.405. The first-order valence-electron chi connectivity index (χ1n) is 6.98. The van der Waals surface area contributed by atoms with Crippen LogP contribution in [0.4, 0.5) is 0 Å². The molecule has 6 nitrogen and oxygen atoms in total. The van der Waals surface area contributed by atoms with Crippen molar-refractivity contribution in [2.75, 3.05) is 13.7 Å². The maximum absolute atomic E-state index is 11.6. The molecule has 7 heteroatoms. The number of carbonyl (C=O) groups is 2. The largest absolute Gasteiger partial charge is 0.482 e. The van der Waals surface area contributed by atoms with E-state index in [0.29, 0.717) is 16.3 Å². The molecule has 1 amide bonds. The molecule has 2 aromatic rings. The Morgan fingerprint density at radius 1 is 1.17 bits per heavy atom. The summed E-state index contributed by atoms with van der Waals surface area (Å²) in [6.07, 6.45) is 1.45. The van der Waals surface area contributed by atoms with Gasteiger partial charge in [-0.05, 0) is 29.8 Å². The molecule has 2 rings (SSSR count). The van der Waals surface area contributed by atoms with Crippen LogP contribution in [-0.2, 0) is 9.53 Å². The lowest BCUT2D eigenvalue weighted by molar-refractivity contribution is -0.123. The highest BCUT2D eigenvalue weighted by Crippen LogP contribution is 2.22. The predicted octanol–water partition coefficient (Wildman–Crippen LogP) is 2.66. The Hall–Kier alpha value is -2.86. The van der Waals surface area contributed by atoms with E-state index in [1.54, 1.807) is 48.5 Å².